The zero-order chi connectivity index (χ0) is 26.3. The molecule has 5 heteroatoms. The van der Waals surface area contributed by atoms with E-state index in [-0.39, 0.29) is 5.57 Å². The average molecular weight is 499 g/mol. The summed E-state index contributed by atoms with van der Waals surface area (Å²) < 4.78 is 12.0. The third kappa shape index (κ3) is 5.50. The number of carbonyl (C=O) groups is 1. The highest BCUT2D eigenvalue weighted by Crippen LogP contribution is 2.31. The van der Waals surface area contributed by atoms with E-state index in [1.807, 2.05) is 85.8 Å². The fourth-order valence-electron chi connectivity index (χ4n) is 4.36. The van der Waals surface area contributed by atoms with E-state index < -0.39 is 5.91 Å². The number of amides is 1. The second-order valence-electron chi connectivity index (χ2n) is 8.75. The third-order valence-corrected chi connectivity index (χ3v) is 6.21. The molecule has 0 unspecified atom stereocenters. The summed E-state index contributed by atoms with van der Waals surface area (Å²) in [6.07, 6.45) is 1.55. The lowest BCUT2D eigenvalue weighted by atomic mass is 10.1. The van der Waals surface area contributed by atoms with Crippen LogP contribution in [0.15, 0.2) is 109 Å². The predicted molar refractivity (Wildman–Crippen MR) is 152 cm³/mol. The van der Waals surface area contributed by atoms with Crippen LogP contribution in [0.4, 0.5) is 5.69 Å². The fourth-order valence-corrected chi connectivity index (χ4v) is 4.36. The molecule has 5 rings (SSSR count). The van der Waals surface area contributed by atoms with Crippen LogP contribution in [0, 0.1) is 11.3 Å². The van der Waals surface area contributed by atoms with E-state index in [0.29, 0.717) is 36.0 Å². The lowest BCUT2D eigenvalue weighted by Crippen LogP contribution is -2.13. The summed E-state index contributed by atoms with van der Waals surface area (Å²) in [6.45, 7) is 2.73. The molecule has 5 aromatic rings. The predicted octanol–water partition coefficient (Wildman–Crippen LogP) is 7.52. The summed E-state index contributed by atoms with van der Waals surface area (Å²) >= 11 is 0. The molecule has 1 amide bonds. The Labute approximate surface area is 221 Å². The van der Waals surface area contributed by atoms with Crippen LogP contribution in [0.25, 0.3) is 27.6 Å². The van der Waals surface area contributed by atoms with Gasteiger partial charge in [-0.25, -0.2) is 0 Å². The van der Waals surface area contributed by atoms with Crippen molar-refractivity contribution in [3.63, 3.8) is 0 Å². The topological polar surface area (TPSA) is 71.3 Å². The number of ether oxygens (including phenoxy) is 2. The maximum atomic E-state index is 12.9. The molecule has 38 heavy (non-hydrogen) atoms. The van der Waals surface area contributed by atoms with E-state index in [1.54, 1.807) is 18.2 Å². The number of nitriles is 1. The quantitative estimate of drug-likeness (QED) is 0.177. The van der Waals surface area contributed by atoms with Crippen molar-refractivity contribution in [2.45, 2.75) is 13.5 Å². The first-order chi connectivity index (χ1) is 18.6. The van der Waals surface area contributed by atoms with Gasteiger partial charge in [0.25, 0.3) is 5.91 Å². The molecule has 0 bridgehead atoms. The summed E-state index contributed by atoms with van der Waals surface area (Å²) in [4.78, 5) is 12.9. The Hall–Kier alpha value is -5.08. The summed E-state index contributed by atoms with van der Waals surface area (Å²) in [7, 11) is 0. The molecule has 5 nitrogen and oxygen atoms in total. The summed E-state index contributed by atoms with van der Waals surface area (Å²) in [5.41, 5.74) is 2.36. The Kier molecular flexibility index (Phi) is 7.33. The number of rotatable bonds is 8. The van der Waals surface area contributed by atoms with Crippen molar-refractivity contribution >= 4 is 39.2 Å². The van der Waals surface area contributed by atoms with Crippen molar-refractivity contribution in [2.75, 3.05) is 11.9 Å². The smallest absolute Gasteiger partial charge is 0.266 e. The molecule has 0 aliphatic carbocycles. The number of nitrogens with one attached hydrogen (secondary N) is 1. The van der Waals surface area contributed by atoms with Crippen LogP contribution in [0.2, 0.25) is 0 Å². The van der Waals surface area contributed by atoms with Gasteiger partial charge in [-0.1, -0.05) is 78.9 Å². The molecule has 0 aliphatic rings. The normalized spacial score (nSPS) is 11.2. The van der Waals surface area contributed by atoms with Crippen LogP contribution >= 0.6 is 0 Å². The van der Waals surface area contributed by atoms with Gasteiger partial charge in [0.15, 0.2) is 11.5 Å². The van der Waals surface area contributed by atoms with Crippen LogP contribution in [-0.2, 0) is 11.4 Å². The molecule has 0 aromatic heterocycles. The standard InChI is InChI=1S/C33H26N2O3/c1-2-37-32-19-23(14-17-31(32)38-22-27-12-7-11-25-9-5-6-13-30(25)27)18-28(21-34)33(36)35-29-16-15-24-8-3-4-10-26(24)20-29/h3-20H,2,22H2,1H3,(H,35,36)/b28-18+. The molecule has 0 saturated heterocycles. The largest absolute Gasteiger partial charge is 0.490 e. The van der Waals surface area contributed by atoms with Gasteiger partial charge in [-0.2, -0.15) is 5.26 Å². The molecule has 0 fully saturated rings. The van der Waals surface area contributed by atoms with Gasteiger partial charge in [0.05, 0.1) is 6.61 Å². The van der Waals surface area contributed by atoms with Crippen LogP contribution in [0.5, 0.6) is 11.5 Å². The molecule has 1 N–H and O–H groups in total. The van der Waals surface area contributed by atoms with E-state index >= 15 is 0 Å². The minimum Gasteiger partial charge on any atom is -0.490 e. The second-order valence-corrected chi connectivity index (χ2v) is 8.75. The molecule has 0 radical (unpaired) electrons. The second kappa shape index (κ2) is 11.3. The summed E-state index contributed by atoms with van der Waals surface area (Å²) in [5.74, 6) is 0.668. The molecule has 0 atom stereocenters. The molecule has 186 valence electrons. The third-order valence-electron chi connectivity index (χ3n) is 6.21. The van der Waals surface area contributed by atoms with Gasteiger partial charge in [0.1, 0.15) is 18.2 Å². The zero-order valence-electron chi connectivity index (χ0n) is 21.0. The van der Waals surface area contributed by atoms with Crippen molar-refractivity contribution in [1.29, 1.82) is 5.26 Å². The number of anilines is 1. The van der Waals surface area contributed by atoms with E-state index in [9.17, 15) is 10.1 Å². The van der Waals surface area contributed by atoms with E-state index in [1.165, 1.54) is 0 Å². The SMILES string of the molecule is CCOc1cc(/C=C(\C#N)C(=O)Nc2ccc3ccccc3c2)ccc1OCc1cccc2ccccc12. The van der Waals surface area contributed by atoms with Gasteiger partial charge < -0.3 is 14.8 Å². The lowest BCUT2D eigenvalue weighted by Gasteiger charge is -2.14. The maximum Gasteiger partial charge on any atom is 0.266 e. The van der Waals surface area contributed by atoms with Crippen LogP contribution < -0.4 is 14.8 Å². The Balaban J connectivity index is 1.35. The molecular weight excluding hydrogens is 472 g/mol. The monoisotopic (exact) mass is 498 g/mol. The number of benzene rings is 5. The summed E-state index contributed by atoms with van der Waals surface area (Å²) in [6, 6.07) is 35.3. The van der Waals surface area contributed by atoms with E-state index in [0.717, 1.165) is 27.1 Å². The van der Waals surface area contributed by atoms with Gasteiger partial charge in [-0.05, 0) is 69.9 Å². The van der Waals surface area contributed by atoms with Gasteiger partial charge in [0, 0.05) is 5.69 Å². The molecular formula is C33H26N2O3. The highest BCUT2D eigenvalue weighted by molar-refractivity contribution is 6.10. The number of carbonyl (C=O) groups excluding carboxylic acids is 1. The Morgan fingerprint density at radius 1 is 0.816 bits per heavy atom. The van der Waals surface area contributed by atoms with Crippen molar-refractivity contribution < 1.29 is 14.3 Å². The number of hydrogen-bond acceptors (Lipinski definition) is 4. The van der Waals surface area contributed by atoms with E-state index in [4.69, 9.17) is 9.47 Å². The minimum atomic E-state index is -0.475. The van der Waals surface area contributed by atoms with Crippen LogP contribution in [0.3, 0.4) is 0 Å². The highest BCUT2D eigenvalue weighted by Gasteiger charge is 2.12. The zero-order valence-corrected chi connectivity index (χ0v) is 21.0. The Morgan fingerprint density at radius 2 is 1.58 bits per heavy atom. The first-order valence-corrected chi connectivity index (χ1v) is 12.4. The van der Waals surface area contributed by atoms with Crippen LogP contribution in [-0.4, -0.2) is 12.5 Å². The van der Waals surface area contributed by atoms with E-state index in [2.05, 4.69) is 23.5 Å². The number of hydrogen-bond donors (Lipinski definition) is 1. The molecule has 5 aromatic carbocycles. The average Bonchev–Trinajstić information content (AvgIpc) is 2.95. The highest BCUT2D eigenvalue weighted by atomic mass is 16.5. The number of fused-ring (bicyclic) bond motifs is 2. The van der Waals surface area contributed by atoms with Gasteiger partial charge in [-0.3, -0.25) is 4.79 Å². The maximum absolute atomic E-state index is 12.9. The van der Waals surface area contributed by atoms with Gasteiger partial charge >= 0.3 is 0 Å². The fraction of sp³-hybridized carbons (Fsp3) is 0.0909. The van der Waals surface area contributed by atoms with Crippen molar-refractivity contribution in [1.82, 2.24) is 0 Å². The molecule has 0 saturated carbocycles. The summed E-state index contributed by atoms with van der Waals surface area (Å²) in [5, 5.41) is 16.9. The molecule has 0 spiro atoms. The Bertz CT molecular complexity index is 1690. The van der Waals surface area contributed by atoms with Gasteiger partial charge in [0.2, 0.25) is 0 Å². The van der Waals surface area contributed by atoms with Crippen molar-refractivity contribution in [3.8, 4) is 17.6 Å². The van der Waals surface area contributed by atoms with Gasteiger partial charge in [-0.15, -0.1) is 0 Å². The Morgan fingerprint density at radius 3 is 2.39 bits per heavy atom. The van der Waals surface area contributed by atoms with Crippen molar-refractivity contribution in [3.05, 3.63) is 120 Å². The lowest BCUT2D eigenvalue weighted by molar-refractivity contribution is -0.112. The minimum absolute atomic E-state index is 0.00923. The van der Waals surface area contributed by atoms with Crippen molar-refractivity contribution in [2.24, 2.45) is 0 Å². The first kappa shape index (κ1) is 24.6. The molecule has 0 heterocycles. The van der Waals surface area contributed by atoms with Crippen LogP contribution in [0.1, 0.15) is 18.1 Å². The molecule has 0 aliphatic heterocycles. The number of nitrogens with zero attached hydrogens (tertiary/aromatic N) is 1. The first-order valence-electron chi connectivity index (χ1n) is 12.4.